The zero-order valence-corrected chi connectivity index (χ0v) is 20.5. The van der Waals surface area contributed by atoms with Gasteiger partial charge in [-0.05, 0) is 84.9 Å². The quantitative estimate of drug-likeness (QED) is 0.331. The van der Waals surface area contributed by atoms with Crippen molar-refractivity contribution in [1.29, 1.82) is 0 Å². The largest absolute Gasteiger partial charge is 0.462 e. The van der Waals surface area contributed by atoms with E-state index in [1.165, 1.54) is 51.4 Å². The number of allylic oxidation sites excluding steroid dienone is 1. The highest BCUT2D eigenvalue weighted by molar-refractivity contribution is 5.66. The Hall–Kier alpha value is -0.790. The van der Waals surface area contributed by atoms with Gasteiger partial charge in [-0.25, -0.2) is 0 Å². The van der Waals surface area contributed by atoms with Gasteiger partial charge < -0.3 is 4.74 Å². The van der Waals surface area contributed by atoms with Crippen molar-refractivity contribution in [3.8, 4) is 0 Å². The maximum Gasteiger partial charge on any atom is 0.302 e. The normalized spacial score (nSPS) is 43.6. The minimum absolute atomic E-state index is 0.114. The maximum absolute atomic E-state index is 11.5. The summed E-state index contributed by atoms with van der Waals surface area (Å²) in [6.07, 6.45) is 16.0. The first-order valence-corrected chi connectivity index (χ1v) is 13.0. The van der Waals surface area contributed by atoms with Crippen LogP contribution in [-0.4, -0.2) is 12.1 Å². The van der Waals surface area contributed by atoms with E-state index in [1.54, 1.807) is 12.5 Å². The average molecular weight is 415 g/mol. The Labute approximate surface area is 185 Å². The van der Waals surface area contributed by atoms with Crippen LogP contribution in [0, 0.1) is 46.3 Å². The van der Waals surface area contributed by atoms with Gasteiger partial charge in [-0.1, -0.05) is 65.5 Å². The summed E-state index contributed by atoms with van der Waals surface area (Å²) in [6.45, 7) is 14.0. The molecule has 30 heavy (non-hydrogen) atoms. The molecule has 3 saturated carbocycles. The highest BCUT2D eigenvalue weighted by Gasteiger charge is 2.60. The third kappa shape index (κ3) is 3.79. The molecule has 4 aliphatic carbocycles. The molecule has 4 rings (SSSR count). The third-order valence-electron chi connectivity index (χ3n) is 10.2. The third-order valence-corrected chi connectivity index (χ3v) is 10.2. The van der Waals surface area contributed by atoms with Crippen molar-refractivity contribution >= 4 is 5.97 Å². The Bertz CT molecular complexity index is 678. The van der Waals surface area contributed by atoms with E-state index in [1.807, 2.05) is 0 Å². The first-order valence-electron chi connectivity index (χ1n) is 13.0. The van der Waals surface area contributed by atoms with E-state index in [2.05, 4.69) is 40.7 Å². The number of ether oxygens (including phenoxy) is 1. The van der Waals surface area contributed by atoms with Crippen molar-refractivity contribution in [2.75, 3.05) is 0 Å². The van der Waals surface area contributed by atoms with E-state index < -0.39 is 0 Å². The van der Waals surface area contributed by atoms with Crippen molar-refractivity contribution in [2.24, 2.45) is 46.3 Å². The lowest BCUT2D eigenvalue weighted by atomic mass is 9.53. The minimum atomic E-state index is -0.114. The van der Waals surface area contributed by atoms with Crippen LogP contribution in [0.1, 0.15) is 106 Å². The molecule has 8 atom stereocenters. The van der Waals surface area contributed by atoms with Gasteiger partial charge in [0.15, 0.2) is 0 Å². The van der Waals surface area contributed by atoms with Crippen LogP contribution in [0.3, 0.4) is 0 Å². The van der Waals surface area contributed by atoms with Crippen LogP contribution in [0.25, 0.3) is 0 Å². The van der Waals surface area contributed by atoms with Crippen molar-refractivity contribution in [3.05, 3.63) is 11.6 Å². The number of carbonyl (C=O) groups is 1. The fourth-order valence-corrected chi connectivity index (χ4v) is 8.65. The monoisotopic (exact) mass is 414 g/mol. The summed E-state index contributed by atoms with van der Waals surface area (Å²) < 4.78 is 5.63. The predicted molar refractivity (Wildman–Crippen MR) is 124 cm³/mol. The second-order valence-electron chi connectivity index (χ2n) is 12.4. The summed E-state index contributed by atoms with van der Waals surface area (Å²) in [7, 11) is 0. The molecule has 0 aromatic heterocycles. The van der Waals surface area contributed by atoms with Crippen LogP contribution in [0.15, 0.2) is 11.6 Å². The lowest BCUT2D eigenvalue weighted by molar-refractivity contribution is -0.148. The summed E-state index contributed by atoms with van der Waals surface area (Å²) >= 11 is 0. The Balaban J connectivity index is 1.48. The van der Waals surface area contributed by atoms with E-state index >= 15 is 0 Å². The topological polar surface area (TPSA) is 26.3 Å². The Morgan fingerprint density at radius 1 is 1.07 bits per heavy atom. The molecule has 4 aliphatic rings. The maximum atomic E-state index is 11.5. The molecular formula is C28H46O2. The summed E-state index contributed by atoms with van der Waals surface area (Å²) in [6, 6.07) is 0. The average Bonchev–Trinajstić information content (AvgIpc) is 3.15. The van der Waals surface area contributed by atoms with Crippen molar-refractivity contribution in [2.45, 2.75) is 112 Å². The van der Waals surface area contributed by atoms with Crippen molar-refractivity contribution in [1.82, 2.24) is 0 Å². The molecule has 0 heterocycles. The van der Waals surface area contributed by atoms with Crippen molar-refractivity contribution in [3.63, 3.8) is 0 Å². The molecule has 2 heteroatoms. The van der Waals surface area contributed by atoms with E-state index in [0.717, 1.165) is 48.3 Å². The predicted octanol–water partition coefficient (Wildman–Crippen LogP) is 7.57. The number of rotatable bonds is 6. The lowest BCUT2D eigenvalue weighted by Crippen LogP contribution is -2.45. The molecule has 0 aromatic rings. The molecule has 0 radical (unpaired) electrons. The molecule has 0 saturated heterocycles. The van der Waals surface area contributed by atoms with Crippen LogP contribution in [-0.2, 0) is 9.53 Å². The Kier molecular flexibility index (Phi) is 6.19. The molecule has 0 aromatic carbocycles. The molecular weight excluding hydrogens is 368 g/mol. The number of esters is 1. The summed E-state index contributed by atoms with van der Waals surface area (Å²) in [5.74, 6) is 4.98. The first-order chi connectivity index (χ1) is 14.1. The van der Waals surface area contributed by atoms with Crippen LogP contribution >= 0.6 is 0 Å². The van der Waals surface area contributed by atoms with Gasteiger partial charge in [0, 0.05) is 13.3 Å². The molecule has 0 N–H and O–H groups in total. The molecule has 170 valence electrons. The Morgan fingerprint density at radius 3 is 2.53 bits per heavy atom. The summed E-state index contributed by atoms with van der Waals surface area (Å²) in [4.78, 5) is 11.5. The van der Waals surface area contributed by atoms with Gasteiger partial charge in [-0.2, -0.15) is 0 Å². The van der Waals surface area contributed by atoms with Gasteiger partial charge in [-0.15, -0.1) is 0 Å². The fraction of sp³-hybridized carbons (Fsp3) is 0.893. The van der Waals surface area contributed by atoms with Gasteiger partial charge in [0.25, 0.3) is 0 Å². The van der Waals surface area contributed by atoms with E-state index in [9.17, 15) is 4.79 Å². The molecule has 0 aliphatic heterocycles. The zero-order valence-electron chi connectivity index (χ0n) is 20.5. The van der Waals surface area contributed by atoms with Crippen LogP contribution < -0.4 is 0 Å². The molecule has 2 nitrogen and oxygen atoms in total. The molecule has 0 amide bonds. The van der Waals surface area contributed by atoms with E-state index in [4.69, 9.17) is 4.74 Å². The highest BCUT2D eigenvalue weighted by Crippen LogP contribution is 2.68. The Morgan fingerprint density at radius 2 is 1.83 bits per heavy atom. The zero-order chi connectivity index (χ0) is 21.7. The smallest absolute Gasteiger partial charge is 0.302 e. The highest BCUT2D eigenvalue weighted by atomic mass is 16.5. The second-order valence-corrected chi connectivity index (χ2v) is 12.4. The fourth-order valence-electron chi connectivity index (χ4n) is 8.65. The minimum Gasteiger partial charge on any atom is -0.462 e. The van der Waals surface area contributed by atoms with E-state index in [0.29, 0.717) is 10.8 Å². The van der Waals surface area contributed by atoms with Gasteiger partial charge >= 0.3 is 5.97 Å². The number of carbonyl (C=O) groups excluding carboxylic acids is 1. The van der Waals surface area contributed by atoms with Gasteiger partial charge in [0.1, 0.15) is 6.10 Å². The van der Waals surface area contributed by atoms with Crippen molar-refractivity contribution < 1.29 is 9.53 Å². The number of fused-ring (bicyclic) bond motifs is 5. The SMILES string of the molecule is CC(=O)OC1CCC2(C)C(=CC3C2CCC2(C)C(C(C)CCCC(C)C)CCC32)C1. The van der Waals surface area contributed by atoms with Crippen LogP contribution in [0.2, 0.25) is 0 Å². The number of hydrogen-bond acceptors (Lipinski definition) is 2. The number of hydrogen-bond donors (Lipinski definition) is 0. The van der Waals surface area contributed by atoms with Crippen LogP contribution in [0.4, 0.5) is 0 Å². The van der Waals surface area contributed by atoms with Gasteiger partial charge in [-0.3, -0.25) is 4.79 Å². The first kappa shape index (κ1) is 22.4. The lowest BCUT2D eigenvalue weighted by Gasteiger charge is -2.52. The standard InChI is InChI=1S/C28H46O2/c1-18(2)8-7-9-19(3)24-10-11-25-23-17-21-16-22(30-20(4)29)12-14-27(21,5)26(23)13-15-28(24,25)6/h17-19,22-26H,7-16H2,1-6H3. The summed E-state index contributed by atoms with van der Waals surface area (Å²) in [5, 5.41) is 0. The molecule has 8 unspecified atom stereocenters. The molecule has 0 bridgehead atoms. The molecule has 0 spiro atoms. The van der Waals surface area contributed by atoms with Gasteiger partial charge in [0.2, 0.25) is 0 Å². The molecule has 3 fully saturated rings. The van der Waals surface area contributed by atoms with Gasteiger partial charge in [0.05, 0.1) is 0 Å². The van der Waals surface area contributed by atoms with Crippen LogP contribution in [0.5, 0.6) is 0 Å². The second kappa shape index (κ2) is 8.28. The van der Waals surface area contributed by atoms with E-state index in [-0.39, 0.29) is 12.1 Å². The summed E-state index contributed by atoms with van der Waals surface area (Å²) in [5.41, 5.74) is 2.53.